The molecule has 3 atom stereocenters. The summed E-state index contributed by atoms with van der Waals surface area (Å²) in [6, 6.07) is 2.63. The molecular formula is C18H33N3. The van der Waals surface area contributed by atoms with Crippen molar-refractivity contribution in [1.29, 1.82) is 0 Å². The summed E-state index contributed by atoms with van der Waals surface area (Å²) in [5, 5.41) is 4.77. The first-order valence-corrected chi connectivity index (χ1v) is 8.59. The molecule has 3 nitrogen and oxygen atoms in total. The van der Waals surface area contributed by atoms with Crippen LogP contribution in [-0.4, -0.2) is 15.3 Å². The van der Waals surface area contributed by atoms with Crippen molar-refractivity contribution in [2.75, 3.05) is 0 Å². The van der Waals surface area contributed by atoms with E-state index in [1.165, 1.54) is 19.3 Å². The predicted molar refractivity (Wildman–Crippen MR) is 89.3 cm³/mol. The Hall–Kier alpha value is -0.830. The van der Waals surface area contributed by atoms with Crippen molar-refractivity contribution in [1.82, 2.24) is 9.78 Å². The first-order chi connectivity index (χ1) is 9.76. The van der Waals surface area contributed by atoms with Crippen molar-refractivity contribution >= 4 is 0 Å². The molecule has 1 aromatic rings. The fourth-order valence-electron chi connectivity index (χ4n) is 4.01. The summed E-state index contributed by atoms with van der Waals surface area (Å²) in [4.78, 5) is 0. The van der Waals surface area contributed by atoms with E-state index in [2.05, 4.69) is 51.6 Å². The number of hydrogen-bond acceptors (Lipinski definition) is 2. The minimum atomic E-state index is -0.0921. The van der Waals surface area contributed by atoms with Crippen LogP contribution in [0.3, 0.4) is 0 Å². The quantitative estimate of drug-likeness (QED) is 0.897. The predicted octanol–water partition coefficient (Wildman–Crippen LogP) is 4.33. The fraction of sp³-hybridized carbons (Fsp3) is 0.833. The van der Waals surface area contributed by atoms with Gasteiger partial charge in [-0.25, -0.2) is 0 Å². The summed E-state index contributed by atoms with van der Waals surface area (Å²) >= 11 is 0. The van der Waals surface area contributed by atoms with Crippen molar-refractivity contribution < 1.29 is 0 Å². The summed E-state index contributed by atoms with van der Waals surface area (Å²) in [6.45, 7) is 11.4. The van der Waals surface area contributed by atoms with Gasteiger partial charge in [-0.3, -0.25) is 4.68 Å². The van der Waals surface area contributed by atoms with Crippen LogP contribution in [0, 0.1) is 11.3 Å². The maximum absolute atomic E-state index is 6.89. The van der Waals surface area contributed by atoms with E-state index in [0.29, 0.717) is 12.0 Å². The zero-order valence-electron chi connectivity index (χ0n) is 14.5. The van der Waals surface area contributed by atoms with Gasteiger partial charge in [0.2, 0.25) is 0 Å². The Kier molecular flexibility index (Phi) is 4.82. The molecule has 21 heavy (non-hydrogen) atoms. The molecule has 1 heterocycles. The average molecular weight is 291 g/mol. The van der Waals surface area contributed by atoms with Gasteiger partial charge in [0.25, 0.3) is 0 Å². The molecule has 0 radical (unpaired) electrons. The SMILES string of the molecule is CCC(C)n1ccc(CC2(N)CCCCC2C(C)(C)C)n1. The molecule has 3 heteroatoms. The molecule has 2 rings (SSSR count). The van der Waals surface area contributed by atoms with Crippen LogP contribution >= 0.6 is 0 Å². The Labute approximate surface area is 130 Å². The average Bonchev–Trinajstić information content (AvgIpc) is 2.84. The van der Waals surface area contributed by atoms with Gasteiger partial charge in [0, 0.05) is 24.2 Å². The van der Waals surface area contributed by atoms with Gasteiger partial charge in [0.1, 0.15) is 0 Å². The highest BCUT2D eigenvalue weighted by Crippen LogP contribution is 2.44. The van der Waals surface area contributed by atoms with Crippen LogP contribution in [0.4, 0.5) is 0 Å². The van der Waals surface area contributed by atoms with Gasteiger partial charge in [-0.05, 0) is 43.6 Å². The minimum Gasteiger partial charge on any atom is -0.324 e. The largest absolute Gasteiger partial charge is 0.324 e. The molecule has 1 aliphatic rings. The smallest absolute Gasteiger partial charge is 0.0643 e. The molecule has 0 bridgehead atoms. The lowest BCUT2D eigenvalue weighted by atomic mass is 9.61. The number of nitrogens with two attached hydrogens (primary N) is 1. The Morgan fingerprint density at radius 3 is 2.76 bits per heavy atom. The molecule has 1 aromatic heterocycles. The van der Waals surface area contributed by atoms with Crippen molar-refractivity contribution in [2.24, 2.45) is 17.1 Å². The second-order valence-electron chi connectivity index (χ2n) is 8.12. The first kappa shape index (κ1) is 16.5. The van der Waals surface area contributed by atoms with Crippen LogP contribution in [0.2, 0.25) is 0 Å². The second kappa shape index (κ2) is 6.12. The zero-order chi connectivity index (χ0) is 15.7. The molecule has 120 valence electrons. The number of hydrogen-bond donors (Lipinski definition) is 1. The topological polar surface area (TPSA) is 43.8 Å². The van der Waals surface area contributed by atoms with Gasteiger partial charge in [-0.1, -0.05) is 40.5 Å². The van der Waals surface area contributed by atoms with Gasteiger partial charge in [-0.2, -0.15) is 5.10 Å². The molecule has 0 saturated heterocycles. The molecule has 0 spiro atoms. The summed E-state index contributed by atoms with van der Waals surface area (Å²) in [5.41, 5.74) is 8.23. The summed E-state index contributed by atoms with van der Waals surface area (Å²) < 4.78 is 2.09. The Balaban J connectivity index is 2.17. The molecule has 0 aliphatic heterocycles. The van der Waals surface area contributed by atoms with Gasteiger partial charge in [0.05, 0.1) is 5.69 Å². The van der Waals surface area contributed by atoms with Gasteiger partial charge in [-0.15, -0.1) is 0 Å². The molecular weight excluding hydrogens is 258 g/mol. The second-order valence-corrected chi connectivity index (χ2v) is 8.12. The maximum atomic E-state index is 6.89. The maximum Gasteiger partial charge on any atom is 0.0643 e. The molecule has 0 amide bonds. The van der Waals surface area contributed by atoms with Crippen LogP contribution in [0.15, 0.2) is 12.3 Å². The van der Waals surface area contributed by atoms with Crippen LogP contribution < -0.4 is 5.73 Å². The van der Waals surface area contributed by atoms with Crippen LogP contribution in [0.5, 0.6) is 0 Å². The number of nitrogens with zero attached hydrogens (tertiary/aromatic N) is 2. The third-order valence-electron chi connectivity index (χ3n) is 5.34. The summed E-state index contributed by atoms with van der Waals surface area (Å²) in [7, 11) is 0. The van der Waals surface area contributed by atoms with Crippen LogP contribution in [-0.2, 0) is 6.42 Å². The number of rotatable bonds is 4. The van der Waals surface area contributed by atoms with Crippen LogP contribution in [0.1, 0.15) is 78.5 Å². The normalized spacial score (nSPS) is 28.6. The highest BCUT2D eigenvalue weighted by atomic mass is 15.3. The highest BCUT2D eigenvalue weighted by molar-refractivity contribution is 5.10. The molecule has 1 aliphatic carbocycles. The van der Waals surface area contributed by atoms with Crippen molar-refractivity contribution in [3.05, 3.63) is 18.0 Å². The van der Waals surface area contributed by atoms with E-state index in [1.807, 2.05) is 0 Å². The van der Waals surface area contributed by atoms with Gasteiger partial charge >= 0.3 is 0 Å². The monoisotopic (exact) mass is 291 g/mol. The first-order valence-electron chi connectivity index (χ1n) is 8.59. The van der Waals surface area contributed by atoms with Crippen LogP contribution in [0.25, 0.3) is 0 Å². The third-order valence-corrected chi connectivity index (χ3v) is 5.34. The van der Waals surface area contributed by atoms with E-state index in [0.717, 1.165) is 25.0 Å². The fourth-order valence-corrected chi connectivity index (χ4v) is 4.01. The highest BCUT2D eigenvalue weighted by Gasteiger charge is 2.43. The van der Waals surface area contributed by atoms with E-state index in [9.17, 15) is 0 Å². The van der Waals surface area contributed by atoms with E-state index < -0.39 is 0 Å². The van der Waals surface area contributed by atoms with E-state index in [4.69, 9.17) is 10.8 Å². The minimum absolute atomic E-state index is 0.0921. The zero-order valence-corrected chi connectivity index (χ0v) is 14.5. The van der Waals surface area contributed by atoms with Gasteiger partial charge < -0.3 is 5.73 Å². The van der Waals surface area contributed by atoms with E-state index >= 15 is 0 Å². The lowest BCUT2D eigenvalue weighted by Crippen LogP contribution is -2.55. The Morgan fingerprint density at radius 1 is 1.43 bits per heavy atom. The van der Waals surface area contributed by atoms with E-state index in [1.54, 1.807) is 0 Å². The third kappa shape index (κ3) is 3.68. The molecule has 0 aromatic carbocycles. The number of aromatic nitrogens is 2. The van der Waals surface area contributed by atoms with Crippen molar-refractivity contribution in [3.8, 4) is 0 Å². The summed E-state index contributed by atoms with van der Waals surface area (Å²) in [6.07, 6.45) is 9.11. The standard InChI is InChI=1S/C18H33N3/c1-6-14(2)21-12-10-15(20-21)13-18(19)11-8-7-9-16(18)17(3,4)5/h10,12,14,16H,6-9,11,13,19H2,1-5H3. The molecule has 1 saturated carbocycles. The van der Waals surface area contributed by atoms with Crippen molar-refractivity contribution in [3.63, 3.8) is 0 Å². The van der Waals surface area contributed by atoms with Gasteiger partial charge in [0.15, 0.2) is 0 Å². The van der Waals surface area contributed by atoms with E-state index in [-0.39, 0.29) is 11.0 Å². The Morgan fingerprint density at radius 2 is 2.14 bits per heavy atom. The van der Waals surface area contributed by atoms with Crippen molar-refractivity contribution in [2.45, 2.75) is 84.7 Å². The lowest BCUT2D eigenvalue weighted by Gasteiger charge is -2.48. The molecule has 2 N–H and O–H groups in total. The Bertz CT molecular complexity index is 457. The molecule has 1 fully saturated rings. The lowest BCUT2D eigenvalue weighted by molar-refractivity contribution is 0.0785. The molecule has 3 unspecified atom stereocenters. The summed E-state index contributed by atoms with van der Waals surface area (Å²) in [5.74, 6) is 0.576.